The van der Waals surface area contributed by atoms with Gasteiger partial charge in [0.05, 0.1) is 5.69 Å². The molecule has 0 aliphatic rings. The lowest BCUT2D eigenvalue weighted by atomic mass is 10.1. The van der Waals surface area contributed by atoms with Crippen molar-refractivity contribution in [3.63, 3.8) is 0 Å². The van der Waals surface area contributed by atoms with Gasteiger partial charge in [0.25, 0.3) is 0 Å². The molecule has 0 aliphatic carbocycles. The quantitative estimate of drug-likeness (QED) is 0.806. The summed E-state index contributed by atoms with van der Waals surface area (Å²) >= 11 is 0. The molecule has 22 heavy (non-hydrogen) atoms. The third kappa shape index (κ3) is 2.79. The lowest BCUT2D eigenvalue weighted by molar-refractivity contribution is 0.482. The molecule has 1 heterocycles. The number of benzene rings is 2. The molecule has 1 N–H and O–H groups in total. The van der Waals surface area contributed by atoms with E-state index in [1.807, 2.05) is 50.2 Å². The van der Waals surface area contributed by atoms with Crippen LogP contribution in [0.4, 0.5) is 0 Å². The molecule has 112 valence electrons. The summed E-state index contributed by atoms with van der Waals surface area (Å²) in [6.45, 7) is 5.85. The minimum atomic E-state index is -0.250. The van der Waals surface area contributed by atoms with E-state index in [0.717, 1.165) is 28.3 Å². The predicted octanol–water partition coefficient (Wildman–Crippen LogP) is 3.28. The van der Waals surface area contributed by atoms with E-state index in [-0.39, 0.29) is 5.69 Å². The van der Waals surface area contributed by atoms with Crippen LogP contribution < -0.4 is 10.4 Å². The monoisotopic (exact) mass is 295 g/mol. The summed E-state index contributed by atoms with van der Waals surface area (Å²) in [5.41, 5.74) is 2.82. The van der Waals surface area contributed by atoms with E-state index in [2.05, 4.69) is 16.3 Å². The van der Waals surface area contributed by atoms with Gasteiger partial charge in [0, 0.05) is 0 Å². The highest BCUT2D eigenvalue weighted by Crippen LogP contribution is 2.24. The molecule has 0 radical (unpaired) electrons. The summed E-state index contributed by atoms with van der Waals surface area (Å²) in [5.74, 6) is 2.15. The number of nitrogens with one attached hydrogen (secondary N) is 1. The first-order chi connectivity index (χ1) is 10.5. The van der Waals surface area contributed by atoms with Gasteiger partial charge in [-0.05, 0) is 68.3 Å². The summed E-state index contributed by atoms with van der Waals surface area (Å²) in [5, 5.41) is 6.32. The van der Waals surface area contributed by atoms with Gasteiger partial charge in [-0.2, -0.15) is 5.10 Å². The molecule has 1 aromatic heterocycles. The largest absolute Gasteiger partial charge is 0.457 e. The Bertz CT molecular complexity index is 840. The second-order valence-corrected chi connectivity index (χ2v) is 5.33. The van der Waals surface area contributed by atoms with Gasteiger partial charge in [-0.3, -0.25) is 0 Å². The van der Waals surface area contributed by atoms with Crippen LogP contribution in [0.1, 0.15) is 17.0 Å². The Labute approximate surface area is 128 Å². The zero-order valence-corrected chi connectivity index (χ0v) is 12.8. The maximum Gasteiger partial charge on any atom is 0.347 e. The van der Waals surface area contributed by atoms with E-state index < -0.39 is 0 Å². The zero-order valence-electron chi connectivity index (χ0n) is 12.8. The normalized spacial score (nSPS) is 10.7. The lowest BCUT2D eigenvalue weighted by Crippen LogP contribution is -2.15. The Kier molecular flexibility index (Phi) is 3.55. The third-order valence-corrected chi connectivity index (χ3v) is 3.37. The first-order valence-electron chi connectivity index (χ1n) is 7.03. The summed E-state index contributed by atoms with van der Waals surface area (Å²) < 4.78 is 7.38. The smallest absolute Gasteiger partial charge is 0.347 e. The van der Waals surface area contributed by atoms with Crippen molar-refractivity contribution in [3.05, 3.63) is 69.9 Å². The Balaban J connectivity index is 1.87. The van der Waals surface area contributed by atoms with Crippen molar-refractivity contribution in [2.75, 3.05) is 0 Å². The number of hydrogen-bond acceptors (Lipinski definition) is 3. The fourth-order valence-electron chi connectivity index (χ4n) is 2.47. The number of hydrogen-bond donors (Lipinski definition) is 1. The molecule has 2 aromatic carbocycles. The molecule has 3 rings (SSSR count). The van der Waals surface area contributed by atoms with Crippen molar-refractivity contribution in [2.24, 2.45) is 0 Å². The van der Waals surface area contributed by atoms with Gasteiger partial charge in [0.2, 0.25) is 0 Å². The maximum atomic E-state index is 11.7. The number of H-pyrrole nitrogens is 1. The highest BCUT2D eigenvalue weighted by molar-refractivity contribution is 5.41. The van der Waals surface area contributed by atoms with E-state index in [1.54, 1.807) is 6.92 Å². The summed E-state index contributed by atoms with van der Waals surface area (Å²) in [4.78, 5) is 11.7. The van der Waals surface area contributed by atoms with Crippen LogP contribution in [0.2, 0.25) is 0 Å². The fourth-order valence-corrected chi connectivity index (χ4v) is 2.47. The van der Waals surface area contributed by atoms with Crippen LogP contribution in [-0.2, 0) is 0 Å². The van der Waals surface area contributed by atoms with Gasteiger partial charge < -0.3 is 4.74 Å². The molecular formula is C17H17N3O2. The van der Waals surface area contributed by atoms with E-state index in [9.17, 15) is 4.79 Å². The van der Waals surface area contributed by atoms with Crippen molar-refractivity contribution in [1.82, 2.24) is 14.8 Å². The van der Waals surface area contributed by atoms with Crippen molar-refractivity contribution in [2.45, 2.75) is 20.8 Å². The number of nitrogens with zero attached hydrogens (tertiary/aromatic N) is 2. The second-order valence-electron chi connectivity index (χ2n) is 5.33. The van der Waals surface area contributed by atoms with Gasteiger partial charge in [0.15, 0.2) is 0 Å². The minimum absolute atomic E-state index is 0.250. The molecule has 5 heteroatoms. The van der Waals surface area contributed by atoms with E-state index >= 15 is 0 Å². The second kappa shape index (κ2) is 5.52. The summed E-state index contributed by atoms with van der Waals surface area (Å²) in [6.07, 6.45) is 0. The summed E-state index contributed by atoms with van der Waals surface area (Å²) in [6, 6.07) is 13.4. The molecule has 0 unspecified atom stereocenters. The van der Waals surface area contributed by atoms with Crippen molar-refractivity contribution >= 4 is 0 Å². The first kappa shape index (κ1) is 14.1. The predicted molar refractivity (Wildman–Crippen MR) is 84.9 cm³/mol. The topological polar surface area (TPSA) is 59.9 Å². The van der Waals surface area contributed by atoms with Gasteiger partial charge in [-0.1, -0.05) is 6.07 Å². The molecule has 0 bridgehead atoms. The summed E-state index contributed by atoms with van der Waals surface area (Å²) in [7, 11) is 0. The van der Waals surface area contributed by atoms with Crippen molar-refractivity contribution < 1.29 is 4.74 Å². The van der Waals surface area contributed by atoms with Crippen LogP contribution in [0.25, 0.3) is 5.69 Å². The molecule has 0 fully saturated rings. The molecule has 0 aliphatic heterocycles. The van der Waals surface area contributed by atoms with E-state index in [4.69, 9.17) is 4.74 Å². The molecule has 0 spiro atoms. The Morgan fingerprint density at radius 3 is 2.14 bits per heavy atom. The van der Waals surface area contributed by atoms with Crippen LogP contribution in [-0.4, -0.2) is 14.8 Å². The molecule has 0 saturated heterocycles. The average Bonchev–Trinajstić information content (AvgIpc) is 2.78. The fraction of sp³-hybridized carbons (Fsp3) is 0.176. The van der Waals surface area contributed by atoms with E-state index in [1.165, 1.54) is 4.57 Å². The van der Waals surface area contributed by atoms with Crippen LogP contribution in [0.5, 0.6) is 11.5 Å². The molecule has 0 amide bonds. The van der Waals surface area contributed by atoms with Crippen molar-refractivity contribution in [1.29, 1.82) is 0 Å². The number of aromatic amines is 1. The first-order valence-corrected chi connectivity index (χ1v) is 7.03. The Morgan fingerprint density at radius 2 is 1.59 bits per heavy atom. The average molecular weight is 295 g/mol. The number of aromatic nitrogens is 3. The lowest BCUT2D eigenvalue weighted by Gasteiger charge is -2.09. The maximum absolute atomic E-state index is 11.7. The SMILES string of the molecule is Cc1cc(C)cc(Oc2ccc(-n3c(C)n[nH]c3=O)cc2)c1. The van der Waals surface area contributed by atoms with Crippen LogP contribution >= 0.6 is 0 Å². The van der Waals surface area contributed by atoms with Crippen molar-refractivity contribution in [3.8, 4) is 17.2 Å². The third-order valence-electron chi connectivity index (χ3n) is 3.37. The number of aryl methyl sites for hydroxylation is 3. The standard InChI is InChI=1S/C17H17N3O2/c1-11-8-12(2)10-16(9-11)22-15-6-4-14(5-7-15)20-13(3)18-19-17(20)21/h4-10H,1-3H3,(H,19,21). The number of rotatable bonds is 3. The van der Waals surface area contributed by atoms with Gasteiger partial charge in [0.1, 0.15) is 17.3 Å². The number of ether oxygens (including phenoxy) is 1. The van der Waals surface area contributed by atoms with Gasteiger partial charge >= 0.3 is 5.69 Å². The van der Waals surface area contributed by atoms with Crippen LogP contribution in [0.15, 0.2) is 47.3 Å². The zero-order chi connectivity index (χ0) is 15.7. The van der Waals surface area contributed by atoms with E-state index in [0.29, 0.717) is 5.82 Å². The molecule has 5 nitrogen and oxygen atoms in total. The van der Waals surface area contributed by atoms with Gasteiger partial charge in [-0.25, -0.2) is 14.5 Å². The Morgan fingerprint density at radius 1 is 0.955 bits per heavy atom. The van der Waals surface area contributed by atoms with Crippen LogP contribution in [0, 0.1) is 20.8 Å². The minimum Gasteiger partial charge on any atom is -0.457 e. The Hall–Kier alpha value is -2.82. The molecule has 0 saturated carbocycles. The molecule has 0 atom stereocenters. The van der Waals surface area contributed by atoms with Crippen LogP contribution in [0.3, 0.4) is 0 Å². The molecular weight excluding hydrogens is 278 g/mol. The highest BCUT2D eigenvalue weighted by Gasteiger charge is 2.06. The van der Waals surface area contributed by atoms with Gasteiger partial charge in [-0.15, -0.1) is 0 Å². The molecule has 3 aromatic rings. The highest BCUT2D eigenvalue weighted by atomic mass is 16.5.